The first-order valence-corrected chi connectivity index (χ1v) is 27.0. The second-order valence-electron chi connectivity index (χ2n) is 19.7. The summed E-state index contributed by atoms with van der Waals surface area (Å²) >= 11 is 0. The number of benzene rings is 2. The molecule has 2 aliphatic rings. The van der Waals surface area contributed by atoms with E-state index >= 15 is 0 Å². The van der Waals surface area contributed by atoms with Gasteiger partial charge in [0.1, 0.15) is 21.0 Å². The number of ether oxygens (including phenoxy) is 2. The molecule has 63 heavy (non-hydrogen) atoms. The van der Waals surface area contributed by atoms with Gasteiger partial charge in [-0.05, 0) is 129 Å². The molecule has 11 nitrogen and oxygen atoms in total. The average Bonchev–Trinajstić information content (AvgIpc) is 3.20. The maximum Gasteiger partial charge on any atom is 0.410 e. The minimum atomic E-state index is -3.02. The predicted octanol–water partition coefficient (Wildman–Crippen LogP) is 10.4. The lowest BCUT2D eigenvalue weighted by atomic mass is 9.91. The van der Waals surface area contributed by atoms with Crippen molar-refractivity contribution in [2.24, 2.45) is 11.8 Å². The van der Waals surface area contributed by atoms with E-state index in [1.807, 2.05) is 87.7 Å². The number of carbonyl (C=O) groups is 4. The molecule has 2 heterocycles. The maximum atomic E-state index is 12.2. The van der Waals surface area contributed by atoms with E-state index in [9.17, 15) is 31.8 Å². The number of ketones is 2. The number of hydrogen-bond donors (Lipinski definition) is 0. The Labute approximate surface area is 382 Å². The second kappa shape index (κ2) is 26.4. The van der Waals surface area contributed by atoms with Crippen molar-refractivity contribution in [3.05, 3.63) is 70.8 Å². The molecule has 0 N–H and O–H groups in total. The van der Waals surface area contributed by atoms with Crippen LogP contribution in [0, 0.1) is 11.8 Å². The van der Waals surface area contributed by atoms with E-state index in [4.69, 9.17) is 9.47 Å². The van der Waals surface area contributed by atoms with Crippen LogP contribution in [0.5, 0.6) is 0 Å². The fraction of sp³-hybridized carbons (Fsp3) is 0.680. The van der Waals surface area contributed by atoms with E-state index in [1.165, 1.54) is 36.6 Å². The van der Waals surface area contributed by atoms with E-state index in [1.54, 1.807) is 6.26 Å². The molecule has 13 heteroatoms. The van der Waals surface area contributed by atoms with E-state index in [-0.39, 0.29) is 35.9 Å². The Morgan fingerprint density at radius 3 is 1.30 bits per heavy atom. The second-order valence-corrected chi connectivity index (χ2v) is 23.5. The number of piperidine rings is 2. The van der Waals surface area contributed by atoms with Gasteiger partial charge in [-0.2, -0.15) is 0 Å². The largest absolute Gasteiger partial charge is 0.444 e. The molecule has 0 bridgehead atoms. The molecule has 1 atom stereocenters. The summed E-state index contributed by atoms with van der Waals surface area (Å²) in [5, 5.41) is 0. The first kappa shape index (κ1) is 53.8. The van der Waals surface area contributed by atoms with Gasteiger partial charge in [0, 0.05) is 79.2 Å². The first-order chi connectivity index (χ1) is 29.6. The summed E-state index contributed by atoms with van der Waals surface area (Å²) in [5.74, 6) is 2.13. The Balaban J connectivity index is 0.000000335. The van der Waals surface area contributed by atoms with Crippen molar-refractivity contribution in [1.82, 2.24) is 9.80 Å². The smallest absolute Gasteiger partial charge is 0.410 e. The Morgan fingerprint density at radius 2 is 0.968 bits per heavy atom. The molecule has 2 fully saturated rings. The van der Waals surface area contributed by atoms with Gasteiger partial charge in [0.05, 0.1) is 5.75 Å². The third-order valence-corrected chi connectivity index (χ3v) is 13.4. The van der Waals surface area contributed by atoms with Gasteiger partial charge in [0.25, 0.3) is 0 Å². The third-order valence-electron chi connectivity index (χ3n) is 11.5. The predicted molar refractivity (Wildman–Crippen MR) is 255 cm³/mol. The molecule has 0 saturated carbocycles. The zero-order chi connectivity index (χ0) is 46.6. The molecule has 2 aromatic rings. The molecule has 0 radical (unpaired) electrons. The molecule has 2 aliphatic heterocycles. The number of nitrogens with zero attached hydrogens (tertiary/aromatic N) is 2. The molecular weight excluding hydrogens is 837 g/mol. The quantitative estimate of drug-likeness (QED) is 0.0936. The number of Topliss-reactive ketones (excluding diaryl/α,β-unsaturated/α-hetero) is 2. The number of sulfone groups is 1. The van der Waals surface area contributed by atoms with Gasteiger partial charge in [-0.25, -0.2) is 18.0 Å². The van der Waals surface area contributed by atoms with Gasteiger partial charge >= 0.3 is 12.2 Å². The van der Waals surface area contributed by atoms with E-state index in [0.29, 0.717) is 42.4 Å². The highest BCUT2D eigenvalue weighted by Crippen LogP contribution is 2.26. The van der Waals surface area contributed by atoms with Gasteiger partial charge in [0.15, 0.2) is 11.6 Å². The van der Waals surface area contributed by atoms with Crippen molar-refractivity contribution >= 4 is 44.4 Å². The highest BCUT2D eigenvalue weighted by Gasteiger charge is 2.28. The van der Waals surface area contributed by atoms with Crippen LogP contribution in [-0.4, -0.2) is 108 Å². The molecule has 354 valence electrons. The van der Waals surface area contributed by atoms with Crippen LogP contribution in [0.25, 0.3) is 0 Å². The van der Waals surface area contributed by atoms with Crippen molar-refractivity contribution in [2.45, 2.75) is 155 Å². The van der Waals surface area contributed by atoms with Crippen LogP contribution in [0.1, 0.15) is 163 Å². The minimum Gasteiger partial charge on any atom is -0.444 e. The summed E-state index contributed by atoms with van der Waals surface area (Å²) in [6, 6.07) is 15.7. The van der Waals surface area contributed by atoms with Crippen LogP contribution in [0.4, 0.5) is 9.59 Å². The monoisotopic (exact) mass is 915 g/mol. The number of aryl methyl sites for hydroxylation is 2. The maximum absolute atomic E-state index is 12.2. The van der Waals surface area contributed by atoms with Crippen molar-refractivity contribution in [3.63, 3.8) is 0 Å². The molecule has 2 amide bonds. The van der Waals surface area contributed by atoms with Crippen molar-refractivity contribution in [1.29, 1.82) is 0 Å². The summed E-state index contributed by atoms with van der Waals surface area (Å²) in [6.45, 7) is 14.5. The van der Waals surface area contributed by atoms with E-state index in [0.717, 1.165) is 89.5 Å². The topological polar surface area (TPSA) is 144 Å². The lowest BCUT2D eigenvalue weighted by Crippen LogP contribution is -2.41. The van der Waals surface area contributed by atoms with E-state index < -0.39 is 31.8 Å². The number of unbranched alkanes of at least 4 members (excludes halogenated alkanes) is 2. The van der Waals surface area contributed by atoms with Crippen LogP contribution in [-0.2, 0) is 43.0 Å². The molecule has 0 aliphatic carbocycles. The number of amides is 2. The van der Waals surface area contributed by atoms with Gasteiger partial charge in [-0.3, -0.25) is 13.8 Å². The van der Waals surface area contributed by atoms with Crippen LogP contribution in [0.2, 0.25) is 0 Å². The summed E-state index contributed by atoms with van der Waals surface area (Å²) in [5.41, 5.74) is 3.01. The van der Waals surface area contributed by atoms with Gasteiger partial charge in [0.2, 0.25) is 0 Å². The molecule has 1 unspecified atom stereocenters. The van der Waals surface area contributed by atoms with Crippen molar-refractivity contribution < 1.29 is 41.3 Å². The summed E-state index contributed by atoms with van der Waals surface area (Å²) in [6.07, 6.45) is 17.4. The molecule has 2 aromatic carbocycles. The third kappa shape index (κ3) is 23.3. The lowest BCUT2D eigenvalue weighted by Gasteiger charge is -2.33. The minimum absolute atomic E-state index is 0.00192. The summed E-state index contributed by atoms with van der Waals surface area (Å²) in [4.78, 5) is 52.3. The van der Waals surface area contributed by atoms with Crippen LogP contribution < -0.4 is 0 Å². The van der Waals surface area contributed by atoms with Crippen molar-refractivity contribution in [2.75, 3.05) is 50.2 Å². The number of hydrogen-bond acceptors (Lipinski definition) is 9. The highest BCUT2D eigenvalue weighted by atomic mass is 32.2. The number of rotatable bonds is 20. The summed E-state index contributed by atoms with van der Waals surface area (Å²) < 4.78 is 44.4. The zero-order valence-electron chi connectivity index (χ0n) is 39.7. The zero-order valence-corrected chi connectivity index (χ0v) is 41.3. The van der Waals surface area contributed by atoms with Gasteiger partial charge in [-0.15, -0.1) is 0 Å². The van der Waals surface area contributed by atoms with Crippen LogP contribution >= 0.6 is 0 Å². The van der Waals surface area contributed by atoms with Crippen molar-refractivity contribution in [3.8, 4) is 0 Å². The Morgan fingerprint density at radius 1 is 0.603 bits per heavy atom. The Bertz CT molecular complexity index is 1850. The van der Waals surface area contributed by atoms with Crippen LogP contribution in [0.3, 0.4) is 0 Å². The van der Waals surface area contributed by atoms with Crippen LogP contribution in [0.15, 0.2) is 48.5 Å². The summed E-state index contributed by atoms with van der Waals surface area (Å²) in [7, 11) is -3.85. The SMILES string of the molecule is CC(C)(C)OC(=O)N1CCC(CCCCc2ccc(C(=O)CCCS(C)(=O)=O)cc2)CC1.CS(=O)CCCC(=O)c1ccc(CCCCC2CCN(C(=O)OC(C)(C)C)CC2)cc1. The first-order valence-electron chi connectivity index (χ1n) is 23.2. The Kier molecular flexibility index (Phi) is 22.5. The Hall–Kier alpha value is -3.58. The van der Waals surface area contributed by atoms with Gasteiger partial charge in [-0.1, -0.05) is 74.2 Å². The van der Waals surface area contributed by atoms with E-state index in [2.05, 4.69) is 12.1 Å². The average molecular weight is 915 g/mol. The molecule has 4 rings (SSSR count). The standard InChI is InChI=1S/C25H39NO5S.C25H39NO4S/c1-25(2,3)31-24(28)26-17-15-21(16-18-26)9-6-5-8-20-11-13-22(14-12-20)23(27)10-7-19-32(4,29)30;1-25(2,3)30-24(28)26-17-15-21(16-18-26)9-6-5-8-20-11-13-22(14-12-20)23(27)10-7-19-31(4)29/h11-14,21H,5-10,15-19H2,1-4H3;11-14,21H,5-10,15-19H2,1-4H3. The normalized spacial score (nSPS) is 15.9. The molecule has 2 saturated heterocycles. The van der Waals surface area contributed by atoms with Gasteiger partial charge < -0.3 is 19.3 Å². The molecule has 0 aromatic heterocycles. The number of likely N-dealkylation sites (tertiary alicyclic amines) is 2. The highest BCUT2D eigenvalue weighted by molar-refractivity contribution is 7.90. The molecular formula is C50H78N2O9S2. The number of carbonyl (C=O) groups excluding carboxylic acids is 4. The molecule has 0 spiro atoms. The fourth-order valence-corrected chi connectivity index (χ4v) is 9.14. The fourth-order valence-electron chi connectivity index (χ4n) is 7.92. The lowest BCUT2D eigenvalue weighted by molar-refractivity contribution is 0.0170.